The molecule has 3 nitrogen and oxygen atoms in total. The maximum atomic E-state index is 11.7. The Morgan fingerprint density at radius 3 is 2.67 bits per heavy atom. The Bertz CT molecular complexity index is 380. The molecule has 0 saturated carbocycles. The second kappa shape index (κ2) is 6.55. The first-order valence-corrected chi connectivity index (χ1v) is 6.77. The molecule has 0 aliphatic carbocycles. The normalized spacial score (nSPS) is 18.8. The first-order chi connectivity index (χ1) is 8.79. The Morgan fingerprint density at radius 2 is 2.06 bits per heavy atom. The Morgan fingerprint density at radius 1 is 1.33 bits per heavy atom. The van der Waals surface area contributed by atoms with Crippen LogP contribution in [0.5, 0.6) is 0 Å². The van der Waals surface area contributed by atoms with Crippen LogP contribution in [0.4, 0.5) is 0 Å². The van der Waals surface area contributed by atoms with E-state index in [9.17, 15) is 4.79 Å². The topological polar surface area (TPSA) is 38.3 Å². The van der Waals surface area contributed by atoms with E-state index in [2.05, 4.69) is 24.4 Å². The van der Waals surface area contributed by atoms with Crippen LogP contribution in [-0.2, 0) is 22.6 Å². The fourth-order valence-electron chi connectivity index (χ4n) is 2.23. The molecule has 1 aromatic rings. The van der Waals surface area contributed by atoms with E-state index >= 15 is 0 Å². The maximum Gasteiger partial charge on any atom is 0.323 e. The third-order valence-corrected chi connectivity index (χ3v) is 3.29. The number of carbonyl (C=O) groups excluding carboxylic acids is 1. The van der Waals surface area contributed by atoms with E-state index < -0.39 is 0 Å². The van der Waals surface area contributed by atoms with Crippen molar-refractivity contribution >= 4 is 5.97 Å². The molecule has 0 spiro atoms. The number of hydrogen-bond acceptors (Lipinski definition) is 3. The molecular weight excluding hydrogens is 226 g/mol. The average molecular weight is 247 g/mol. The lowest BCUT2D eigenvalue weighted by Crippen LogP contribution is -2.32. The van der Waals surface area contributed by atoms with Crippen molar-refractivity contribution in [1.29, 1.82) is 0 Å². The number of hydrogen-bond donors (Lipinski definition) is 1. The largest absolute Gasteiger partial charge is 0.460 e. The van der Waals surface area contributed by atoms with Gasteiger partial charge in [-0.15, -0.1) is 0 Å². The third kappa shape index (κ3) is 3.57. The molecule has 1 fully saturated rings. The SMILES string of the molecule is CCCc1ccc(COC(=O)C2CCCN2)cc1. The zero-order valence-corrected chi connectivity index (χ0v) is 10.9. The van der Waals surface area contributed by atoms with E-state index in [1.54, 1.807) is 0 Å². The van der Waals surface area contributed by atoms with Crippen molar-refractivity contribution in [2.75, 3.05) is 6.54 Å². The Hall–Kier alpha value is -1.35. The number of benzene rings is 1. The molecule has 3 heteroatoms. The lowest BCUT2D eigenvalue weighted by molar-refractivity contribution is -0.147. The van der Waals surface area contributed by atoms with Crippen LogP contribution in [0.3, 0.4) is 0 Å². The fourth-order valence-corrected chi connectivity index (χ4v) is 2.23. The zero-order chi connectivity index (χ0) is 12.8. The molecule has 1 unspecified atom stereocenters. The van der Waals surface area contributed by atoms with E-state index in [0.29, 0.717) is 6.61 Å². The summed E-state index contributed by atoms with van der Waals surface area (Å²) in [7, 11) is 0. The minimum Gasteiger partial charge on any atom is -0.460 e. The number of ether oxygens (including phenoxy) is 1. The Kier molecular flexibility index (Phi) is 4.76. The summed E-state index contributed by atoms with van der Waals surface area (Å²) in [5, 5.41) is 3.14. The molecule has 1 heterocycles. The van der Waals surface area contributed by atoms with E-state index in [1.807, 2.05) is 12.1 Å². The van der Waals surface area contributed by atoms with Gasteiger partial charge in [-0.1, -0.05) is 37.6 Å². The summed E-state index contributed by atoms with van der Waals surface area (Å²) in [6.07, 6.45) is 4.22. The quantitative estimate of drug-likeness (QED) is 0.812. The van der Waals surface area contributed by atoms with Gasteiger partial charge in [0.15, 0.2) is 0 Å². The number of aryl methyl sites for hydroxylation is 1. The van der Waals surface area contributed by atoms with Crippen LogP contribution in [-0.4, -0.2) is 18.6 Å². The number of carbonyl (C=O) groups is 1. The van der Waals surface area contributed by atoms with Crippen molar-refractivity contribution in [3.63, 3.8) is 0 Å². The van der Waals surface area contributed by atoms with Crippen molar-refractivity contribution in [3.8, 4) is 0 Å². The number of rotatable bonds is 5. The molecule has 1 atom stereocenters. The molecule has 1 saturated heterocycles. The standard InChI is InChI=1S/C15H21NO2/c1-2-4-12-6-8-13(9-7-12)11-18-15(17)14-5-3-10-16-14/h6-9,14,16H,2-5,10-11H2,1H3. The van der Waals surface area contributed by atoms with Crippen molar-refractivity contribution in [3.05, 3.63) is 35.4 Å². The van der Waals surface area contributed by atoms with Gasteiger partial charge in [0, 0.05) is 0 Å². The predicted molar refractivity (Wildman–Crippen MR) is 71.3 cm³/mol. The van der Waals surface area contributed by atoms with E-state index in [0.717, 1.165) is 37.8 Å². The summed E-state index contributed by atoms with van der Waals surface area (Å²) in [4.78, 5) is 11.7. The summed E-state index contributed by atoms with van der Waals surface area (Å²) in [6.45, 7) is 3.47. The summed E-state index contributed by atoms with van der Waals surface area (Å²) in [5.74, 6) is -0.120. The summed E-state index contributed by atoms with van der Waals surface area (Å²) >= 11 is 0. The van der Waals surface area contributed by atoms with Crippen LogP contribution in [0.25, 0.3) is 0 Å². The molecule has 98 valence electrons. The minimum atomic E-state index is -0.120. The first-order valence-electron chi connectivity index (χ1n) is 6.77. The smallest absolute Gasteiger partial charge is 0.323 e. The molecular formula is C15H21NO2. The zero-order valence-electron chi connectivity index (χ0n) is 10.9. The summed E-state index contributed by atoms with van der Waals surface area (Å²) in [5.41, 5.74) is 2.39. The van der Waals surface area contributed by atoms with Crippen LogP contribution in [0.1, 0.15) is 37.3 Å². The third-order valence-electron chi connectivity index (χ3n) is 3.29. The molecule has 1 aliphatic rings. The van der Waals surface area contributed by atoms with Crippen LogP contribution in [0, 0.1) is 0 Å². The van der Waals surface area contributed by atoms with Gasteiger partial charge in [0.2, 0.25) is 0 Å². The van der Waals surface area contributed by atoms with Gasteiger partial charge in [-0.3, -0.25) is 4.79 Å². The average Bonchev–Trinajstić information content (AvgIpc) is 2.92. The maximum absolute atomic E-state index is 11.7. The molecule has 1 aliphatic heterocycles. The molecule has 0 radical (unpaired) electrons. The van der Waals surface area contributed by atoms with Crippen LogP contribution in [0.2, 0.25) is 0 Å². The Labute approximate surface area is 109 Å². The van der Waals surface area contributed by atoms with Gasteiger partial charge in [-0.25, -0.2) is 0 Å². The lowest BCUT2D eigenvalue weighted by atomic mass is 10.1. The number of esters is 1. The van der Waals surface area contributed by atoms with E-state index in [4.69, 9.17) is 4.74 Å². The van der Waals surface area contributed by atoms with Crippen LogP contribution < -0.4 is 5.32 Å². The predicted octanol–water partition coefficient (Wildman–Crippen LogP) is 2.43. The monoisotopic (exact) mass is 247 g/mol. The highest BCUT2D eigenvalue weighted by Crippen LogP contribution is 2.10. The molecule has 0 bridgehead atoms. The second-order valence-corrected chi connectivity index (χ2v) is 4.82. The van der Waals surface area contributed by atoms with Crippen molar-refractivity contribution < 1.29 is 9.53 Å². The minimum absolute atomic E-state index is 0.0932. The van der Waals surface area contributed by atoms with Gasteiger partial charge in [-0.2, -0.15) is 0 Å². The van der Waals surface area contributed by atoms with Gasteiger partial charge in [0.05, 0.1) is 0 Å². The number of nitrogens with one attached hydrogen (secondary N) is 1. The van der Waals surface area contributed by atoms with Crippen molar-refractivity contribution in [2.24, 2.45) is 0 Å². The molecule has 0 aromatic heterocycles. The molecule has 0 amide bonds. The fraction of sp³-hybridized carbons (Fsp3) is 0.533. The molecule has 1 N–H and O–H groups in total. The van der Waals surface area contributed by atoms with Gasteiger partial charge >= 0.3 is 5.97 Å². The molecule has 1 aromatic carbocycles. The highest BCUT2D eigenvalue weighted by Gasteiger charge is 2.23. The van der Waals surface area contributed by atoms with Gasteiger partial charge in [0.25, 0.3) is 0 Å². The lowest BCUT2D eigenvalue weighted by Gasteiger charge is -2.10. The van der Waals surface area contributed by atoms with Gasteiger partial charge in [0.1, 0.15) is 12.6 Å². The highest BCUT2D eigenvalue weighted by atomic mass is 16.5. The second-order valence-electron chi connectivity index (χ2n) is 4.82. The summed E-state index contributed by atoms with van der Waals surface area (Å²) in [6, 6.07) is 8.21. The molecule has 2 rings (SSSR count). The van der Waals surface area contributed by atoms with Crippen molar-refractivity contribution in [2.45, 2.75) is 45.3 Å². The van der Waals surface area contributed by atoms with Gasteiger partial charge < -0.3 is 10.1 Å². The van der Waals surface area contributed by atoms with E-state index in [1.165, 1.54) is 5.56 Å². The highest BCUT2D eigenvalue weighted by molar-refractivity contribution is 5.76. The molecule has 18 heavy (non-hydrogen) atoms. The van der Waals surface area contributed by atoms with Crippen LogP contribution in [0.15, 0.2) is 24.3 Å². The van der Waals surface area contributed by atoms with Crippen LogP contribution >= 0.6 is 0 Å². The first kappa shape index (κ1) is 13.1. The summed E-state index contributed by atoms with van der Waals surface area (Å²) < 4.78 is 5.31. The van der Waals surface area contributed by atoms with Crippen molar-refractivity contribution in [1.82, 2.24) is 5.32 Å². The Balaban J connectivity index is 1.80. The van der Waals surface area contributed by atoms with Gasteiger partial charge in [-0.05, 0) is 36.9 Å². The van der Waals surface area contributed by atoms with E-state index in [-0.39, 0.29) is 12.0 Å².